The van der Waals surface area contributed by atoms with Crippen molar-refractivity contribution in [3.05, 3.63) is 59.2 Å². The van der Waals surface area contributed by atoms with Crippen LogP contribution in [0.25, 0.3) is 28.1 Å². The summed E-state index contributed by atoms with van der Waals surface area (Å²) < 4.78 is 3.99. The molecule has 6 heteroatoms. The first-order chi connectivity index (χ1) is 12.0. The Morgan fingerprint density at radius 3 is 2.38 bits per heavy atom. The van der Waals surface area contributed by atoms with Crippen LogP contribution in [0.1, 0.15) is 22.5 Å². The van der Waals surface area contributed by atoms with Crippen LogP contribution in [-0.4, -0.2) is 24.3 Å². The van der Waals surface area contributed by atoms with Gasteiger partial charge in [-0.15, -0.1) is 23.8 Å². The van der Waals surface area contributed by atoms with Gasteiger partial charge >= 0.3 is 0 Å². The standard InChI is InChI=1S/C20H20N5.Ir/c1-12-8-13(2)19(14(3)9-12)25-20(21-11-22-25)16-6-7-17-18(10-16)24(5)15(4)23-17;/h7-11H,1-5H3;/q-1;. The van der Waals surface area contributed by atoms with Crippen molar-refractivity contribution >= 4 is 11.0 Å². The summed E-state index contributed by atoms with van der Waals surface area (Å²) in [5.74, 6) is 1.77. The van der Waals surface area contributed by atoms with E-state index in [9.17, 15) is 0 Å². The van der Waals surface area contributed by atoms with Crippen LogP contribution < -0.4 is 0 Å². The number of nitrogens with zero attached hydrogens (tertiary/aromatic N) is 5. The summed E-state index contributed by atoms with van der Waals surface area (Å²) in [6.07, 6.45) is 1.60. The van der Waals surface area contributed by atoms with E-state index in [0.29, 0.717) is 0 Å². The molecule has 2 aromatic heterocycles. The van der Waals surface area contributed by atoms with E-state index < -0.39 is 0 Å². The average Bonchev–Trinajstić information content (AvgIpc) is 3.12. The number of aromatic nitrogens is 5. The van der Waals surface area contributed by atoms with E-state index in [1.54, 1.807) is 6.33 Å². The van der Waals surface area contributed by atoms with E-state index in [-0.39, 0.29) is 20.1 Å². The molecule has 26 heavy (non-hydrogen) atoms. The van der Waals surface area contributed by atoms with E-state index in [2.05, 4.69) is 64.7 Å². The Hall–Kier alpha value is -2.30. The zero-order valence-corrected chi connectivity index (χ0v) is 17.9. The van der Waals surface area contributed by atoms with Crippen molar-refractivity contribution in [2.24, 2.45) is 7.05 Å². The van der Waals surface area contributed by atoms with Crippen LogP contribution in [0.4, 0.5) is 0 Å². The minimum atomic E-state index is 0. The molecule has 4 aromatic rings. The Morgan fingerprint density at radius 1 is 1.00 bits per heavy atom. The second kappa shape index (κ2) is 6.78. The van der Waals surface area contributed by atoms with Gasteiger partial charge in [0.15, 0.2) is 0 Å². The summed E-state index contributed by atoms with van der Waals surface area (Å²) in [4.78, 5) is 9.04. The molecule has 2 heterocycles. The third-order valence-electron chi connectivity index (χ3n) is 4.67. The minimum absolute atomic E-state index is 0. The molecule has 0 atom stereocenters. The van der Waals surface area contributed by atoms with Crippen LogP contribution in [0.15, 0.2) is 30.6 Å². The van der Waals surface area contributed by atoms with Crippen LogP contribution in [-0.2, 0) is 27.2 Å². The van der Waals surface area contributed by atoms with Crippen molar-refractivity contribution < 1.29 is 20.1 Å². The largest absolute Gasteiger partial charge is 0.349 e. The topological polar surface area (TPSA) is 48.5 Å². The van der Waals surface area contributed by atoms with Crippen LogP contribution in [0.3, 0.4) is 0 Å². The minimum Gasteiger partial charge on any atom is -0.349 e. The molecule has 0 aliphatic carbocycles. The maximum atomic E-state index is 4.54. The molecule has 0 fully saturated rings. The van der Waals surface area contributed by atoms with Gasteiger partial charge in [0, 0.05) is 32.7 Å². The van der Waals surface area contributed by atoms with E-state index in [1.165, 1.54) is 16.7 Å². The van der Waals surface area contributed by atoms with Crippen molar-refractivity contribution in [2.75, 3.05) is 0 Å². The van der Waals surface area contributed by atoms with Gasteiger partial charge in [0.05, 0.1) is 17.3 Å². The molecule has 2 aromatic carbocycles. The molecule has 0 unspecified atom stereocenters. The quantitative estimate of drug-likeness (QED) is 0.376. The molecule has 0 aliphatic rings. The van der Waals surface area contributed by atoms with Crippen LogP contribution in [0, 0.1) is 33.8 Å². The van der Waals surface area contributed by atoms with Gasteiger partial charge in [-0.05, 0) is 44.3 Å². The van der Waals surface area contributed by atoms with Crippen molar-refractivity contribution in [2.45, 2.75) is 27.7 Å². The van der Waals surface area contributed by atoms with Crippen LogP contribution >= 0.6 is 0 Å². The molecule has 5 nitrogen and oxygen atoms in total. The first-order valence-corrected chi connectivity index (χ1v) is 8.29. The summed E-state index contributed by atoms with van der Waals surface area (Å²) in [6.45, 7) is 8.33. The number of fused-ring (bicyclic) bond motifs is 1. The molecule has 4 rings (SSSR count). The molecule has 0 saturated heterocycles. The van der Waals surface area contributed by atoms with Crippen molar-refractivity contribution in [3.8, 4) is 17.1 Å². The summed E-state index contributed by atoms with van der Waals surface area (Å²) in [7, 11) is 2.02. The monoisotopic (exact) mass is 523 g/mol. The Labute approximate surface area is 166 Å². The van der Waals surface area contributed by atoms with Gasteiger partial charge in [-0.25, -0.2) is 0 Å². The first-order valence-electron chi connectivity index (χ1n) is 8.29. The van der Waals surface area contributed by atoms with Gasteiger partial charge in [-0.2, -0.15) is 5.10 Å². The predicted molar refractivity (Wildman–Crippen MR) is 98.9 cm³/mol. The summed E-state index contributed by atoms with van der Waals surface area (Å²) in [6, 6.07) is 11.7. The van der Waals surface area contributed by atoms with Crippen molar-refractivity contribution in [1.82, 2.24) is 24.3 Å². The fourth-order valence-electron chi connectivity index (χ4n) is 3.48. The number of aryl methyl sites for hydroxylation is 5. The molecular formula is C20H20IrN5-. The third-order valence-corrected chi connectivity index (χ3v) is 4.67. The fraction of sp³-hybridized carbons (Fsp3) is 0.250. The molecular weight excluding hydrogens is 502 g/mol. The zero-order valence-electron chi connectivity index (χ0n) is 15.5. The predicted octanol–water partition coefficient (Wildman–Crippen LogP) is 3.85. The molecule has 0 bridgehead atoms. The number of hydrogen-bond donors (Lipinski definition) is 0. The number of benzene rings is 2. The molecule has 0 N–H and O–H groups in total. The fourth-order valence-corrected chi connectivity index (χ4v) is 3.48. The average molecular weight is 523 g/mol. The molecule has 0 aliphatic heterocycles. The molecule has 0 spiro atoms. The summed E-state index contributed by atoms with van der Waals surface area (Å²) >= 11 is 0. The van der Waals surface area contributed by atoms with E-state index in [1.807, 2.05) is 24.7 Å². The van der Waals surface area contributed by atoms with Crippen molar-refractivity contribution in [3.63, 3.8) is 0 Å². The van der Waals surface area contributed by atoms with E-state index in [4.69, 9.17) is 0 Å². The van der Waals surface area contributed by atoms with Gasteiger partial charge in [-0.3, -0.25) is 14.6 Å². The molecule has 135 valence electrons. The summed E-state index contributed by atoms with van der Waals surface area (Å²) in [5.41, 5.74) is 7.61. The maximum Gasteiger partial charge on any atom is 0.127 e. The summed E-state index contributed by atoms with van der Waals surface area (Å²) in [5, 5.41) is 4.48. The molecule has 0 amide bonds. The normalized spacial score (nSPS) is 11.0. The van der Waals surface area contributed by atoms with Gasteiger partial charge in [0.25, 0.3) is 0 Å². The van der Waals surface area contributed by atoms with E-state index >= 15 is 0 Å². The zero-order chi connectivity index (χ0) is 17.7. The second-order valence-corrected chi connectivity index (χ2v) is 6.58. The Kier molecular flexibility index (Phi) is 4.82. The van der Waals surface area contributed by atoms with Gasteiger partial charge in [0.2, 0.25) is 0 Å². The van der Waals surface area contributed by atoms with Crippen molar-refractivity contribution in [1.29, 1.82) is 0 Å². The first kappa shape index (κ1) is 18.5. The van der Waals surface area contributed by atoms with Crippen LogP contribution in [0.2, 0.25) is 0 Å². The Balaban J connectivity index is 0.00000196. The molecule has 1 radical (unpaired) electrons. The van der Waals surface area contributed by atoms with Gasteiger partial charge < -0.3 is 4.57 Å². The second-order valence-electron chi connectivity index (χ2n) is 6.58. The smallest absolute Gasteiger partial charge is 0.127 e. The Bertz CT molecular complexity index is 1080. The van der Waals surface area contributed by atoms with Gasteiger partial charge in [0.1, 0.15) is 6.33 Å². The number of rotatable bonds is 2. The SMILES string of the molecule is Cc1cc(C)c(-n2ncnc2-c2[c-]cc3nc(C)n(C)c3c2)c(C)c1.[Ir]. The van der Waals surface area contributed by atoms with E-state index in [0.717, 1.165) is 33.9 Å². The van der Waals surface area contributed by atoms with Gasteiger partial charge in [-0.1, -0.05) is 17.7 Å². The molecule has 0 saturated carbocycles. The number of imidazole rings is 1. The maximum absolute atomic E-state index is 4.54. The Morgan fingerprint density at radius 2 is 1.69 bits per heavy atom. The van der Waals surface area contributed by atoms with Crippen LogP contribution in [0.5, 0.6) is 0 Å². The number of hydrogen-bond acceptors (Lipinski definition) is 3. The third kappa shape index (κ3) is 2.89.